The summed E-state index contributed by atoms with van der Waals surface area (Å²) in [7, 11) is 0. The topological polar surface area (TPSA) is 49.4 Å². The van der Waals surface area contributed by atoms with Crippen LogP contribution in [0.3, 0.4) is 0 Å². The van der Waals surface area contributed by atoms with Gasteiger partial charge in [-0.15, -0.1) is 0 Å². The number of nitrogens with one attached hydrogen (secondary N) is 1. The molecule has 1 aliphatic rings. The third-order valence-corrected chi connectivity index (χ3v) is 4.82. The van der Waals surface area contributed by atoms with Gasteiger partial charge in [-0.2, -0.15) is 0 Å². The maximum atomic E-state index is 12.9. The second-order valence-electron chi connectivity index (χ2n) is 5.53. The standard InChI is InChI=1S/C19H15IN2O2S/c1-2-12-6-8-15(9-7-12)22-18(24)16(17(23)21-19(22)25)11-13-4-3-5-14(20)10-13/h3-11H,2H2,1H3,(H,21,23,25). The maximum absolute atomic E-state index is 12.9. The summed E-state index contributed by atoms with van der Waals surface area (Å²) in [6.45, 7) is 2.06. The van der Waals surface area contributed by atoms with Gasteiger partial charge in [-0.25, -0.2) is 0 Å². The molecular weight excluding hydrogens is 447 g/mol. The summed E-state index contributed by atoms with van der Waals surface area (Å²) in [5.74, 6) is -0.896. The van der Waals surface area contributed by atoms with E-state index in [2.05, 4.69) is 34.8 Å². The first-order valence-electron chi connectivity index (χ1n) is 7.75. The van der Waals surface area contributed by atoms with Gasteiger partial charge in [0.25, 0.3) is 11.8 Å². The fourth-order valence-corrected chi connectivity index (χ4v) is 3.38. The molecule has 0 unspecified atom stereocenters. The molecule has 6 heteroatoms. The van der Waals surface area contributed by atoms with Crippen molar-refractivity contribution in [2.45, 2.75) is 13.3 Å². The Balaban J connectivity index is 1.99. The summed E-state index contributed by atoms with van der Waals surface area (Å²) in [5, 5.41) is 2.70. The maximum Gasteiger partial charge on any atom is 0.270 e. The fraction of sp³-hybridized carbons (Fsp3) is 0.105. The van der Waals surface area contributed by atoms with Gasteiger partial charge in [0.15, 0.2) is 5.11 Å². The van der Waals surface area contributed by atoms with Crippen molar-refractivity contribution in [2.24, 2.45) is 0 Å². The van der Waals surface area contributed by atoms with Crippen LogP contribution in [0.5, 0.6) is 0 Å². The largest absolute Gasteiger partial charge is 0.298 e. The first-order valence-corrected chi connectivity index (χ1v) is 9.24. The van der Waals surface area contributed by atoms with Gasteiger partial charge in [-0.05, 0) is 82.7 Å². The van der Waals surface area contributed by atoms with Gasteiger partial charge in [-0.3, -0.25) is 19.8 Å². The van der Waals surface area contributed by atoms with Crippen molar-refractivity contribution in [3.8, 4) is 0 Å². The van der Waals surface area contributed by atoms with Crippen LogP contribution in [0.15, 0.2) is 54.1 Å². The monoisotopic (exact) mass is 462 g/mol. The minimum Gasteiger partial charge on any atom is -0.298 e. The van der Waals surface area contributed by atoms with E-state index in [4.69, 9.17) is 12.2 Å². The molecular formula is C19H15IN2O2S. The highest BCUT2D eigenvalue weighted by Crippen LogP contribution is 2.23. The zero-order valence-corrected chi connectivity index (χ0v) is 16.4. The minimum absolute atomic E-state index is 0.0650. The third-order valence-electron chi connectivity index (χ3n) is 3.86. The minimum atomic E-state index is -0.477. The van der Waals surface area contributed by atoms with Crippen LogP contribution in [-0.4, -0.2) is 16.9 Å². The average Bonchev–Trinajstić information content (AvgIpc) is 2.59. The van der Waals surface area contributed by atoms with Crippen LogP contribution >= 0.6 is 34.8 Å². The van der Waals surface area contributed by atoms with Crippen molar-refractivity contribution in [3.05, 3.63) is 68.8 Å². The van der Waals surface area contributed by atoms with Crippen molar-refractivity contribution in [2.75, 3.05) is 4.90 Å². The number of amides is 2. The Hall–Kier alpha value is -2.06. The van der Waals surface area contributed by atoms with E-state index in [1.54, 1.807) is 6.08 Å². The van der Waals surface area contributed by atoms with E-state index in [9.17, 15) is 9.59 Å². The van der Waals surface area contributed by atoms with Crippen molar-refractivity contribution >= 4 is 63.5 Å². The molecule has 0 aliphatic carbocycles. The number of hydrogen-bond donors (Lipinski definition) is 1. The molecule has 0 spiro atoms. The predicted molar refractivity (Wildman–Crippen MR) is 111 cm³/mol. The first kappa shape index (κ1) is 17.8. The molecule has 1 fully saturated rings. The number of rotatable bonds is 3. The molecule has 0 aromatic heterocycles. The van der Waals surface area contributed by atoms with Crippen LogP contribution in [0.4, 0.5) is 5.69 Å². The first-order chi connectivity index (χ1) is 12.0. The number of aryl methyl sites for hydroxylation is 1. The second kappa shape index (κ2) is 7.45. The van der Waals surface area contributed by atoms with Crippen LogP contribution in [-0.2, 0) is 16.0 Å². The van der Waals surface area contributed by atoms with E-state index >= 15 is 0 Å². The third kappa shape index (κ3) is 3.80. The Morgan fingerprint density at radius 3 is 2.52 bits per heavy atom. The Morgan fingerprint density at radius 2 is 1.88 bits per heavy atom. The number of carbonyl (C=O) groups is 2. The lowest BCUT2D eigenvalue weighted by Crippen LogP contribution is -2.54. The highest BCUT2D eigenvalue weighted by molar-refractivity contribution is 14.1. The van der Waals surface area contributed by atoms with E-state index in [0.717, 1.165) is 21.1 Å². The molecule has 1 saturated heterocycles. The summed E-state index contributed by atoms with van der Waals surface area (Å²) in [6, 6.07) is 15.2. The van der Waals surface area contributed by atoms with Crippen molar-refractivity contribution in [1.82, 2.24) is 5.32 Å². The van der Waals surface area contributed by atoms with Gasteiger partial charge in [0.2, 0.25) is 0 Å². The van der Waals surface area contributed by atoms with Crippen LogP contribution in [0.1, 0.15) is 18.1 Å². The molecule has 1 aliphatic heterocycles. The quantitative estimate of drug-likeness (QED) is 0.328. The number of hydrogen-bond acceptors (Lipinski definition) is 3. The van der Waals surface area contributed by atoms with Gasteiger partial charge in [0.1, 0.15) is 5.57 Å². The Kier molecular flexibility index (Phi) is 5.29. The predicted octanol–water partition coefficient (Wildman–Crippen LogP) is 3.68. The smallest absolute Gasteiger partial charge is 0.270 e. The SMILES string of the molecule is CCc1ccc(N2C(=O)C(=Cc3cccc(I)c3)C(=O)NC2=S)cc1. The number of benzene rings is 2. The van der Waals surface area contributed by atoms with E-state index in [-0.39, 0.29) is 10.7 Å². The molecule has 25 heavy (non-hydrogen) atoms. The lowest BCUT2D eigenvalue weighted by molar-refractivity contribution is -0.122. The van der Waals surface area contributed by atoms with Gasteiger partial charge in [-0.1, -0.05) is 31.2 Å². The zero-order chi connectivity index (χ0) is 18.0. The normalized spacial score (nSPS) is 16.3. The molecule has 0 bridgehead atoms. The number of carbonyl (C=O) groups excluding carboxylic acids is 2. The van der Waals surface area contributed by atoms with Gasteiger partial charge in [0.05, 0.1) is 5.69 Å². The average molecular weight is 462 g/mol. The Labute approximate surface area is 165 Å². The summed E-state index contributed by atoms with van der Waals surface area (Å²) in [4.78, 5) is 26.5. The molecule has 2 aromatic carbocycles. The van der Waals surface area contributed by atoms with Crippen LogP contribution in [0.2, 0.25) is 0 Å². The number of anilines is 1. The van der Waals surface area contributed by atoms with Crippen LogP contribution in [0, 0.1) is 3.57 Å². The van der Waals surface area contributed by atoms with Gasteiger partial charge >= 0.3 is 0 Å². The number of nitrogens with zero attached hydrogens (tertiary/aromatic N) is 1. The fourth-order valence-electron chi connectivity index (χ4n) is 2.54. The molecule has 0 atom stereocenters. The van der Waals surface area contributed by atoms with Gasteiger partial charge < -0.3 is 0 Å². The van der Waals surface area contributed by atoms with Crippen molar-refractivity contribution in [1.29, 1.82) is 0 Å². The highest BCUT2D eigenvalue weighted by Gasteiger charge is 2.34. The summed E-state index contributed by atoms with van der Waals surface area (Å²) < 4.78 is 1.03. The number of thiocarbonyl (C=S) groups is 1. The van der Waals surface area contributed by atoms with E-state index in [0.29, 0.717) is 5.69 Å². The molecule has 0 saturated carbocycles. The molecule has 126 valence electrons. The Bertz CT molecular complexity index is 891. The molecule has 2 amide bonds. The lowest BCUT2D eigenvalue weighted by atomic mass is 10.1. The van der Waals surface area contributed by atoms with E-state index in [1.807, 2.05) is 48.5 Å². The van der Waals surface area contributed by atoms with Crippen LogP contribution in [0.25, 0.3) is 6.08 Å². The summed E-state index contributed by atoms with van der Waals surface area (Å²) >= 11 is 7.40. The molecule has 0 radical (unpaired) electrons. The summed E-state index contributed by atoms with van der Waals surface area (Å²) in [6.07, 6.45) is 2.50. The molecule has 2 aromatic rings. The van der Waals surface area contributed by atoms with Crippen LogP contribution < -0.4 is 10.2 Å². The van der Waals surface area contributed by atoms with E-state index in [1.165, 1.54) is 4.90 Å². The number of halogens is 1. The van der Waals surface area contributed by atoms with Gasteiger partial charge in [0, 0.05) is 3.57 Å². The van der Waals surface area contributed by atoms with E-state index < -0.39 is 11.8 Å². The molecule has 1 heterocycles. The second-order valence-corrected chi connectivity index (χ2v) is 7.17. The highest BCUT2D eigenvalue weighted by atomic mass is 127. The van der Waals surface area contributed by atoms with Crippen molar-refractivity contribution in [3.63, 3.8) is 0 Å². The summed E-state index contributed by atoms with van der Waals surface area (Å²) in [5.41, 5.74) is 2.66. The molecule has 4 nitrogen and oxygen atoms in total. The Morgan fingerprint density at radius 1 is 1.16 bits per heavy atom. The van der Waals surface area contributed by atoms with Crippen molar-refractivity contribution < 1.29 is 9.59 Å². The molecule has 3 rings (SSSR count). The zero-order valence-electron chi connectivity index (χ0n) is 13.5. The molecule has 1 N–H and O–H groups in total. The lowest BCUT2D eigenvalue weighted by Gasteiger charge is -2.29.